The van der Waals surface area contributed by atoms with Gasteiger partial charge in [-0.15, -0.1) is 0 Å². The van der Waals surface area contributed by atoms with Crippen molar-refractivity contribution < 1.29 is 29.3 Å². The minimum Gasteiger partial charge on any atom is -0.492 e. The van der Waals surface area contributed by atoms with Crippen LogP contribution in [0.4, 0.5) is 5.69 Å². The molecule has 248 valence electrons. The molecule has 2 aromatic carbocycles. The Kier molecular flexibility index (Phi) is 15.9. The summed E-state index contributed by atoms with van der Waals surface area (Å²) in [5.74, 6) is 1.22. The maximum Gasteiger partial charge on any atom is 0.290 e. The van der Waals surface area contributed by atoms with E-state index >= 15 is 0 Å². The van der Waals surface area contributed by atoms with Gasteiger partial charge in [-0.2, -0.15) is 0 Å². The predicted molar refractivity (Wildman–Crippen MR) is 180 cm³/mol. The molecule has 5 rings (SSSR count). The monoisotopic (exact) mass is 692 g/mol. The first kappa shape index (κ1) is 36.9. The fourth-order valence-electron chi connectivity index (χ4n) is 5.65. The van der Waals surface area contributed by atoms with Gasteiger partial charge in [0.2, 0.25) is 5.91 Å². The first-order valence-corrected chi connectivity index (χ1v) is 16.1. The van der Waals surface area contributed by atoms with E-state index in [1.54, 1.807) is 24.5 Å². The SMILES string of the molecule is O=C([C@@H](Cc1ccc(Cl)cc1Cl)Nc1cccnc1)N1CCC(c2ccc(Cl)cc2OCCN2CCCC2)CC1.O=CO.O=CO. The molecule has 46 heavy (non-hydrogen) atoms. The van der Waals surface area contributed by atoms with Crippen LogP contribution in [0.3, 0.4) is 0 Å². The minimum absolute atomic E-state index is 0.0477. The van der Waals surface area contributed by atoms with E-state index in [-0.39, 0.29) is 18.9 Å². The molecule has 3 N–H and O–H groups in total. The van der Waals surface area contributed by atoms with Gasteiger partial charge in [0.1, 0.15) is 18.4 Å². The summed E-state index contributed by atoms with van der Waals surface area (Å²) in [6.45, 7) is 4.72. The summed E-state index contributed by atoms with van der Waals surface area (Å²) in [6.07, 6.45) is 8.13. The van der Waals surface area contributed by atoms with Crippen LogP contribution in [0.25, 0.3) is 0 Å². The first-order valence-electron chi connectivity index (χ1n) is 15.0. The number of nitrogens with one attached hydrogen (secondary N) is 1. The number of ether oxygens (including phenoxy) is 1. The number of benzene rings is 2. The molecule has 10 nitrogen and oxygen atoms in total. The van der Waals surface area contributed by atoms with Gasteiger partial charge in [0.25, 0.3) is 12.9 Å². The predicted octanol–water partition coefficient (Wildman–Crippen LogP) is 6.35. The van der Waals surface area contributed by atoms with E-state index in [0.29, 0.717) is 47.1 Å². The lowest BCUT2D eigenvalue weighted by Crippen LogP contribution is -2.47. The molecule has 3 aromatic rings. The van der Waals surface area contributed by atoms with Crippen LogP contribution in [0.15, 0.2) is 60.9 Å². The number of hydrogen-bond donors (Lipinski definition) is 3. The zero-order chi connectivity index (χ0) is 33.3. The van der Waals surface area contributed by atoms with Crippen molar-refractivity contribution >= 4 is 59.3 Å². The van der Waals surface area contributed by atoms with Crippen molar-refractivity contribution in [1.29, 1.82) is 0 Å². The van der Waals surface area contributed by atoms with Crippen molar-refractivity contribution in [1.82, 2.24) is 14.8 Å². The molecule has 2 aliphatic rings. The number of nitrogens with zero attached hydrogens (tertiary/aromatic N) is 3. The van der Waals surface area contributed by atoms with Crippen LogP contribution in [0.1, 0.15) is 42.7 Å². The van der Waals surface area contributed by atoms with Gasteiger partial charge in [0.15, 0.2) is 0 Å². The van der Waals surface area contributed by atoms with Gasteiger partial charge < -0.3 is 25.2 Å². The summed E-state index contributed by atoms with van der Waals surface area (Å²) < 4.78 is 6.25. The van der Waals surface area contributed by atoms with Gasteiger partial charge in [0.05, 0.1) is 5.69 Å². The Bertz CT molecular complexity index is 1380. The number of piperidine rings is 1. The molecule has 0 saturated carbocycles. The van der Waals surface area contributed by atoms with Gasteiger partial charge in [-0.1, -0.05) is 46.9 Å². The highest BCUT2D eigenvalue weighted by Gasteiger charge is 2.30. The van der Waals surface area contributed by atoms with E-state index < -0.39 is 6.04 Å². The quantitative estimate of drug-likeness (QED) is 0.208. The number of anilines is 1. The number of carbonyl (C=O) groups excluding carboxylic acids is 1. The maximum atomic E-state index is 13.8. The van der Waals surface area contributed by atoms with Gasteiger partial charge in [-0.25, -0.2) is 0 Å². The first-order chi connectivity index (χ1) is 22.3. The molecule has 0 bridgehead atoms. The maximum absolute atomic E-state index is 13.8. The number of carboxylic acid groups (broad SMARTS) is 2. The van der Waals surface area contributed by atoms with Crippen LogP contribution in [0.2, 0.25) is 15.1 Å². The average molecular weight is 694 g/mol. The number of amides is 1. The number of rotatable bonds is 10. The molecule has 13 heteroatoms. The van der Waals surface area contributed by atoms with Crippen LogP contribution in [-0.2, 0) is 20.8 Å². The third kappa shape index (κ3) is 11.7. The second kappa shape index (κ2) is 19.8. The van der Waals surface area contributed by atoms with Gasteiger partial charge in [-0.3, -0.25) is 24.3 Å². The lowest BCUT2D eigenvalue weighted by atomic mass is 9.88. The fraction of sp³-hybridized carbons (Fsp3) is 0.394. The largest absolute Gasteiger partial charge is 0.492 e. The molecule has 1 atom stereocenters. The zero-order valence-electron chi connectivity index (χ0n) is 25.4. The molecule has 2 saturated heterocycles. The number of aromatic nitrogens is 1. The number of pyridine rings is 1. The Labute approximate surface area is 284 Å². The van der Waals surface area contributed by atoms with E-state index in [4.69, 9.17) is 59.3 Å². The summed E-state index contributed by atoms with van der Waals surface area (Å²) in [6, 6.07) is 14.6. The van der Waals surface area contributed by atoms with E-state index in [1.807, 2.05) is 35.2 Å². The summed E-state index contributed by atoms with van der Waals surface area (Å²) in [7, 11) is 0. The summed E-state index contributed by atoms with van der Waals surface area (Å²) in [5.41, 5.74) is 2.83. The van der Waals surface area contributed by atoms with Crippen molar-refractivity contribution in [2.75, 3.05) is 44.6 Å². The average Bonchev–Trinajstić information content (AvgIpc) is 3.57. The van der Waals surface area contributed by atoms with Crippen LogP contribution in [0, 0.1) is 0 Å². The smallest absolute Gasteiger partial charge is 0.290 e. The van der Waals surface area contributed by atoms with Crippen LogP contribution in [-0.4, -0.2) is 89.2 Å². The van der Waals surface area contributed by atoms with E-state index in [1.165, 1.54) is 18.4 Å². The highest BCUT2D eigenvalue weighted by atomic mass is 35.5. The second-order valence-electron chi connectivity index (χ2n) is 10.8. The lowest BCUT2D eigenvalue weighted by molar-refractivity contribution is -0.133. The lowest BCUT2D eigenvalue weighted by Gasteiger charge is -2.35. The molecule has 2 fully saturated rings. The molecule has 0 radical (unpaired) electrons. The van der Waals surface area contributed by atoms with Crippen LogP contribution >= 0.6 is 34.8 Å². The van der Waals surface area contributed by atoms with E-state index in [9.17, 15) is 4.79 Å². The normalized spacial score (nSPS) is 15.4. The Balaban J connectivity index is 0.000000891. The molecular weight excluding hydrogens is 655 g/mol. The molecule has 3 heterocycles. The summed E-state index contributed by atoms with van der Waals surface area (Å²) in [4.78, 5) is 39.2. The number of likely N-dealkylation sites (tertiary alicyclic amines) is 2. The highest BCUT2D eigenvalue weighted by molar-refractivity contribution is 6.35. The number of halogens is 3. The standard InChI is InChI=1S/C31H35Cl3N4O2.2CH2O2/c32-24-6-5-23(28(34)19-24)18-29(36-26-4-3-11-35-21-26)31(39)38-14-9-22(10-15-38)27-8-7-25(33)20-30(27)40-17-16-37-12-1-2-13-37;2*2-1-3/h3-8,11,19-22,29,36H,1-2,9-10,12-18H2;2*1H,(H,2,3)/t29-;;/m1../s1. The second-order valence-corrected chi connectivity index (χ2v) is 12.0. The molecule has 2 aliphatic heterocycles. The van der Waals surface area contributed by atoms with Crippen LogP contribution < -0.4 is 10.1 Å². The van der Waals surface area contributed by atoms with Crippen molar-refractivity contribution in [3.63, 3.8) is 0 Å². The van der Waals surface area contributed by atoms with Crippen LogP contribution in [0.5, 0.6) is 5.75 Å². The topological polar surface area (TPSA) is 132 Å². The molecule has 0 spiro atoms. The zero-order valence-corrected chi connectivity index (χ0v) is 27.6. The van der Waals surface area contributed by atoms with Gasteiger partial charge in [0, 0.05) is 53.5 Å². The van der Waals surface area contributed by atoms with Crippen molar-refractivity contribution in [2.45, 2.75) is 44.1 Å². The van der Waals surface area contributed by atoms with Crippen molar-refractivity contribution in [3.05, 3.63) is 87.1 Å². The third-order valence-electron chi connectivity index (χ3n) is 7.83. The minimum atomic E-state index is -0.487. The molecule has 1 aromatic heterocycles. The molecule has 1 amide bonds. The summed E-state index contributed by atoms with van der Waals surface area (Å²) >= 11 is 18.9. The van der Waals surface area contributed by atoms with E-state index in [2.05, 4.69) is 21.3 Å². The van der Waals surface area contributed by atoms with E-state index in [0.717, 1.165) is 49.5 Å². The highest BCUT2D eigenvalue weighted by Crippen LogP contribution is 2.36. The molecule has 0 unspecified atom stereocenters. The van der Waals surface area contributed by atoms with Crippen molar-refractivity contribution in [2.24, 2.45) is 0 Å². The molecule has 0 aliphatic carbocycles. The molecular formula is C33H39Cl3N4O6. The van der Waals surface area contributed by atoms with Gasteiger partial charge in [-0.05, 0) is 92.2 Å². The Morgan fingerprint density at radius 1 is 0.978 bits per heavy atom. The number of carbonyl (C=O) groups is 3. The Morgan fingerprint density at radius 2 is 1.63 bits per heavy atom. The Hall–Kier alpha value is -3.57. The van der Waals surface area contributed by atoms with Crippen molar-refractivity contribution in [3.8, 4) is 5.75 Å². The summed E-state index contributed by atoms with van der Waals surface area (Å²) in [5, 5.41) is 19.0. The van der Waals surface area contributed by atoms with Gasteiger partial charge >= 0.3 is 0 Å². The number of hydrogen-bond acceptors (Lipinski definition) is 7. The Morgan fingerprint density at radius 3 is 2.26 bits per heavy atom. The third-order valence-corrected chi connectivity index (χ3v) is 8.65. The fourth-order valence-corrected chi connectivity index (χ4v) is 6.30.